The van der Waals surface area contributed by atoms with Crippen LogP contribution in [0.3, 0.4) is 0 Å². The van der Waals surface area contributed by atoms with Gasteiger partial charge in [-0.2, -0.15) is 0 Å². The van der Waals surface area contributed by atoms with Crippen LogP contribution in [0.5, 0.6) is 0 Å². The van der Waals surface area contributed by atoms with E-state index < -0.39 is 0 Å². The molecule has 1 atom stereocenters. The summed E-state index contributed by atoms with van der Waals surface area (Å²) < 4.78 is 0. The maximum atomic E-state index is 12.1. The summed E-state index contributed by atoms with van der Waals surface area (Å²) in [7, 11) is 0. The first kappa shape index (κ1) is 14.6. The molecule has 0 bridgehead atoms. The van der Waals surface area contributed by atoms with E-state index in [0.717, 1.165) is 35.9 Å². The maximum Gasteiger partial charge on any atom is 0.242 e. The molecule has 3 aromatic rings. The summed E-state index contributed by atoms with van der Waals surface area (Å²) >= 11 is 0. The fourth-order valence-corrected chi connectivity index (χ4v) is 2.89. The minimum Gasteiger partial charge on any atom is -0.358 e. The van der Waals surface area contributed by atoms with Crippen LogP contribution in [0, 0.1) is 0 Å². The standard InChI is InChI=1S/C18H17N5O/c24-18-15(6-3-9-20-18)22-17-13-4-1-2-5-14(13)21-16(23-17)12-7-10-19-11-8-12/h1-2,4-5,7-8,10-11,15H,3,6,9H2,(H,20,24)(H,21,22,23)/t15-/m1/s1. The Bertz CT molecular complexity index is 881. The van der Waals surface area contributed by atoms with Gasteiger partial charge in [0.1, 0.15) is 11.9 Å². The summed E-state index contributed by atoms with van der Waals surface area (Å²) in [6, 6.07) is 11.3. The summed E-state index contributed by atoms with van der Waals surface area (Å²) in [5, 5.41) is 7.11. The molecule has 120 valence electrons. The van der Waals surface area contributed by atoms with E-state index in [-0.39, 0.29) is 11.9 Å². The van der Waals surface area contributed by atoms with Gasteiger partial charge >= 0.3 is 0 Å². The number of carbonyl (C=O) groups is 1. The van der Waals surface area contributed by atoms with Crippen molar-refractivity contribution in [3.8, 4) is 11.4 Å². The number of rotatable bonds is 3. The third kappa shape index (κ3) is 2.78. The molecule has 0 unspecified atom stereocenters. The number of carbonyl (C=O) groups excluding carboxylic acids is 1. The lowest BCUT2D eigenvalue weighted by atomic mass is 10.1. The lowest BCUT2D eigenvalue weighted by Gasteiger charge is -2.24. The van der Waals surface area contributed by atoms with Crippen LogP contribution in [0.4, 0.5) is 5.82 Å². The van der Waals surface area contributed by atoms with E-state index in [2.05, 4.69) is 25.6 Å². The van der Waals surface area contributed by atoms with Gasteiger partial charge in [0.15, 0.2) is 5.82 Å². The van der Waals surface area contributed by atoms with Gasteiger partial charge in [0.2, 0.25) is 5.91 Å². The van der Waals surface area contributed by atoms with E-state index in [1.54, 1.807) is 12.4 Å². The third-order valence-corrected chi connectivity index (χ3v) is 4.14. The highest BCUT2D eigenvalue weighted by atomic mass is 16.2. The molecule has 2 aromatic heterocycles. The van der Waals surface area contributed by atoms with Crippen LogP contribution in [0.2, 0.25) is 0 Å². The minimum atomic E-state index is -0.262. The van der Waals surface area contributed by atoms with Crippen molar-refractivity contribution in [2.45, 2.75) is 18.9 Å². The van der Waals surface area contributed by atoms with Crippen LogP contribution in [0.25, 0.3) is 22.3 Å². The zero-order valence-electron chi connectivity index (χ0n) is 13.1. The van der Waals surface area contributed by atoms with Gasteiger partial charge in [-0.05, 0) is 37.1 Å². The van der Waals surface area contributed by atoms with Crippen molar-refractivity contribution >= 4 is 22.6 Å². The number of hydrogen-bond donors (Lipinski definition) is 2. The molecule has 0 aliphatic carbocycles. The van der Waals surface area contributed by atoms with Gasteiger partial charge in [-0.3, -0.25) is 9.78 Å². The highest BCUT2D eigenvalue weighted by Crippen LogP contribution is 2.25. The maximum absolute atomic E-state index is 12.1. The Labute approximate surface area is 139 Å². The van der Waals surface area contributed by atoms with Gasteiger partial charge in [0, 0.05) is 29.9 Å². The summed E-state index contributed by atoms with van der Waals surface area (Å²) in [6.07, 6.45) is 5.20. The highest BCUT2D eigenvalue weighted by Gasteiger charge is 2.23. The molecule has 0 radical (unpaired) electrons. The molecular formula is C18H17N5O. The largest absolute Gasteiger partial charge is 0.358 e. The number of aromatic nitrogens is 3. The molecule has 3 heterocycles. The summed E-state index contributed by atoms with van der Waals surface area (Å²) in [5.41, 5.74) is 1.74. The van der Waals surface area contributed by atoms with E-state index >= 15 is 0 Å². The fourth-order valence-electron chi connectivity index (χ4n) is 2.89. The Morgan fingerprint density at radius 1 is 1.08 bits per heavy atom. The van der Waals surface area contributed by atoms with Gasteiger partial charge in [-0.25, -0.2) is 9.97 Å². The molecule has 6 heteroatoms. The first-order valence-electron chi connectivity index (χ1n) is 8.03. The fraction of sp³-hybridized carbons (Fsp3) is 0.222. The molecule has 1 fully saturated rings. The van der Waals surface area contributed by atoms with E-state index in [0.29, 0.717) is 11.6 Å². The van der Waals surface area contributed by atoms with E-state index in [9.17, 15) is 4.79 Å². The molecule has 1 amide bonds. The monoisotopic (exact) mass is 319 g/mol. The van der Waals surface area contributed by atoms with Crippen molar-refractivity contribution in [3.05, 3.63) is 48.8 Å². The lowest BCUT2D eigenvalue weighted by Crippen LogP contribution is -2.44. The van der Waals surface area contributed by atoms with Crippen LogP contribution in [0.1, 0.15) is 12.8 Å². The van der Waals surface area contributed by atoms with Gasteiger partial charge in [0.05, 0.1) is 5.52 Å². The van der Waals surface area contributed by atoms with Crippen LogP contribution < -0.4 is 10.6 Å². The molecule has 24 heavy (non-hydrogen) atoms. The quantitative estimate of drug-likeness (QED) is 0.775. The zero-order valence-corrected chi connectivity index (χ0v) is 13.1. The summed E-state index contributed by atoms with van der Waals surface area (Å²) in [5.74, 6) is 1.33. The first-order chi connectivity index (χ1) is 11.8. The van der Waals surface area contributed by atoms with E-state index in [4.69, 9.17) is 0 Å². The predicted molar refractivity (Wildman–Crippen MR) is 92.4 cm³/mol. The Hall–Kier alpha value is -3.02. The Kier molecular flexibility index (Phi) is 3.78. The average Bonchev–Trinajstić information content (AvgIpc) is 2.64. The number of benzene rings is 1. The molecule has 4 rings (SSSR count). The lowest BCUT2D eigenvalue weighted by molar-refractivity contribution is -0.123. The highest BCUT2D eigenvalue weighted by molar-refractivity contribution is 5.93. The zero-order chi connectivity index (χ0) is 16.4. The van der Waals surface area contributed by atoms with Gasteiger partial charge < -0.3 is 10.6 Å². The molecule has 0 saturated carbocycles. The van der Waals surface area contributed by atoms with Gasteiger partial charge in [-0.1, -0.05) is 12.1 Å². The SMILES string of the molecule is O=C1NCCC[C@H]1Nc1nc(-c2ccncc2)nc2ccccc12. The number of nitrogens with one attached hydrogen (secondary N) is 2. The first-order valence-corrected chi connectivity index (χ1v) is 8.03. The van der Waals surface area contributed by atoms with Crippen molar-refractivity contribution in [3.63, 3.8) is 0 Å². The average molecular weight is 319 g/mol. The number of hydrogen-bond acceptors (Lipinski definition) is 5. The van der Waals surface area contributed by atoms with Gasteiger partial charge in [0.25, 0.3) is 0 Å². The summed E-state index contributed by atoms with van der Waals surface area (Å²) in [6.45, 7) is 0.740. The number of anilines is 1. The van der Waals surface area contributed by atoms with Crippen molar-refractivity contribution in [1.29, 1.82) is 0 Å². The number of amides is 1. The molecule has 6 nitrogen and oxygen atoms in total. The number of nitrogens with zero attached hydrogens (tertiary/aromatic N) is 3. The Balaban J connectivity index is 1.79. The number of piperidine rings is 1. The smallest absolute Gasteiger partial charge is 0.242 e. The molecule has 1 aromatic carbocycles. The topological polar surface area (TPSA) is 79.8 Å². The van der Waals surface area contributed by atoms with Crippen LogP contribution >= 0.6 is 0 Å². The van der Waals surface area contributed by atoms with Crippen molar-refractivity contribution in [1.82, 2.24) is 20.3 Å². The Morgan fingerprint density at radius 3 is 2.75 bits per heavy atom. The second-order valence-electron chi connectivity index (χ2n) is 5.78. The molecular weight excluding hydrogens is 302 g/mol. The van der Waals surface area contributed by atoms with Gasteiger partial charge in [-0.15, -0.1) is 0 Å². The van der Waals surface area contributed by atoms with E-state index in [1.807, 2.05) is 36.4 Å². The third-order valence-electron chi connectivity index (χ3n) is 4.14. The second-order valence-corrected chi connectivity index (χ2v) is 5.78. The van der Waals surface area contributed by atoms with Crippen molar-refractivity contribution in [2.24, 2.45) is 0 Å². The molecule has 1 saturated heterocycles. The summed E-state index contributed by atoms with van der Waals surface area (Å²) in [4.78, 5) is 25.4. The molecule has 1 aliphatic heterocycles. The van der Waals surface area contributed by atoms with Crippen molar-refractivity contribution in [2.75, 3.05) is 11.9 Å². The predicted octanol–water partition coefficient (Wildman–Crippen LogP) is 2.38. The van der Waals surface area contributed by atoms with Crippen molar-refractivity contribution < 1.29 is 4.79 Å². The number of para-hydroxylation sites is 1. The second kappa shape index (κ2) is 6.23. The number of fused-ring (bicyclic) bond motifs is 1. The van der Waals surface area contributed by atoms with Crippen LogP contribution in [0.15, 0.2) is 48.8 Å². The van der Waals surface area contributed by atoms with E-state index in [1.165, 1.54) is 0 Å². The molecule has 0 spiro atoms. The molecule has 2 N–H and O–H groups in total. The minimum absolute atomic E-state index is 0.0226. The van der Waals surface area contributed by atoms with Crippen LogP contribution in [-0.2, 0) is 4.79 Å². The normalized spacial score (nSPS) is 17.5. The van der Waals surface area contributed by atoms with Crippen LogP contribution in [-0.4, -0.2) is 33.4 Å². The molecule has 1 aliphatic rings. The number of pyridine rings is 1. The Morgan fingerprint density at radius 2 is 1.92 bits per heavy atom.